The van der Waals surface area contributed by atoms with Gasteiger partial charge in [-0.05, 0) is 12.1 Å². The SMILES string of the molecule is CCC([NH3+])N1C(=O)c2ccccc2C1=O.[Br-]. The van der Waals surface area contributed by atoms with Crippen LogP contribution in [0.15, 0.2) is 24.3 Å². The molecular formula is C11H13BrN2O2. The van der Waals surface area contributed by atoms with Crippen LogP contribution in [0.3, 0.4) is 0 Å². The lowest BCUT2D eigenvalue weighted by molar-refractivity contribution is -0.444. The highest BCUT2D eigenvalue weighted by Gasteiger charge is 2.39. The highest BCUT2D eigenvalue weighted by molar-refractivity contribution is 6.21. The average Bonchev–Trinajstić information content (AvgIpc) is 2.52. The number of benzene rings is 1. The van der Waals surface area contributed by atoms with Gasteiger partial charge in [-0.3, -0.25) is 9.59 Å². The van der Waals surface area contributed by atoms with Gasteiger partial charge < -0.3 is 22.7 Å². The molecule has 2 amide bonds. The number of carbonyl (C=O) groups excluding carboxylic acids is 2. The molecule has 1 heterocycles. The second kappa shape index (κ2) is 4.76. The zero-order valence-corrected chi connectivity index (χ0v) is 10.5. The molecule has 1 aliphatic rings. The molecule has 0 bridgehead atoms. The van der Waals surface area contributed by atoms with Crippen molar-refractivity contribution in [2.45, 2.75) is 19.5 Å². The first-order valence-electron chi connectivity index (χ1n) is 4.96. The van der Waals surface area contributed by atoms with Crippen LogP contribution in [0, 0.1) is 0 Å². The van der Waals surface area contributed by atoms with E-state index in [1.165, 1.54) is 4.90 Å². The van der Waals surface area contributed by atoms with Crippen molar-refractivity contribution in [2.24, 2.45) is 0 Å². The van der Waals surface area contributed by atoms with Crippen molar-refractivity contribution in [2.75, 3.05) is 0 Å². The Labute approximate surface area is 104 Å². The van der Waals surface area contributed by atoms with Crippen molar-refractivity contribution < 1.29 is 32.3 Å². The molecule has 1 aromatic carbocycles. The Balaban J connectivity index is 0.00000128. The van der Waals surface area contributed by atoms with E-state index >= 15 is 0 Å². The molecule has 5 heteroatoms. The van der Waals surface area contributed by atoms with E-state index in [0.29, 0.717) is 17.5 Å². The van der Waals surface area contributed by atoms with Crippen molar-refractivity contribution in [1.29, 1.82) is 0 Å². The first-order chi connectivity index (χ1) is 7.16. The topological polar surface area (TPSA) is 65.0 Å². The summed E-state index contributed by atoms with van der Waals surface area (Å²) in [5, 5.41) is 0. The predicted molar refractivity (Wildman–Crippen MR) is 53.9 cm³/mol. The summed E-state index contributed by atoms with van der Waals surface area (Å²) in [7, 11) is 0. The zero-order valence-electron chi connectivity index (χ0n) is 8.94. The summed E-state index contributed by atoms with van der Waals surface area (Å²) in [5.41, 5.74) is 4.79. The van der Waals surface area contributed by atoms with Gasteiger partial charge in [0.15, 0.2) is 6.17 Å². The van der Waals surface area contributed by atoms with E-state index in [0.717, 1.165) is 0 Å². The summed E-state index contributed by atoms with van der Waals surface area (Å²) in [6, 6.07) is 6.88. The smallest absolute Gasteiger partial charge is 0.266 e. The number of carbonyl (C=O) groups is 2. The van der Waals surface area contributed by atoms with Crippen molar-refractivity contribution in [3.8, 4) is 0 Å². The van der Waals surface area contributed by atoms with Crippen LogP contribution in [-0.4, -0.2) is 22.9 Å². The summed E-state index contributed by atoms with van der Waals surface area (Å²) in [5.74, 6) is -0.449. The number of fused-ring (bicyclic) bond motifs is 1. The maximum absolute atomic E-state index is 11.9. The minimum atomic E-state index is -0.280. The summed E-state index contributed by atoms with van der Waals surface area (Å²) in [4.78, 5) is 25.0. The second-order valence-corrected chi connectivity index (χ2v) is 3.59. The number of hydrogen-bond acceptors (Lipinski definition) is 2. The molecule has 16 heavy (non-hydrogen) atoms. The third-order valence-electron chi connectivity index (χ3n) is 2.66. The van der Waals surface area contributed by atoms with Gasteiger partial charge in [-0.1, -0.05) is 19.1 Å². The lowest BCUT2D eigenvalue weighted by Gasteiger charge is -2.17. The molecule has 1 aromatic rings. The third kappa shape index (κ3) is 1.76. The number of rotatable bonds is 2. The van der Waals surface area contributed by atoms with Gasteiger partial charge in [0.2, 0.25) is 0 Å². The highest BCUT2D eigenvalue weighted by atomic mass is 79.9. The van der Waals surface area contributed by atoms with Crippen molar-refractivity contribution >= 4 is 11.8 Å². The molecule has 1 unspecified atom stereocenters. The summed E-state index contributed by atoms with van der Waals surface area (Å²) in [6.45, 7) is 1.90. The van der Waals surface area contributed by atoms with Gasteiger partial charge in [0, 0.05) is 6.42 Å². The number of imide groups is 1. The normalized spacial score (nSPS) is 15.8. The largest absolute Gasteiger partial charge is 1.00 e. The molecule has 3 N–H and O–H groups in total. The average molecular weight is 285 g/mol. The van der Waals surface area contributed by atoms with Crippen LogP contribution in [0.4, 0.5) is 0 Å². The van der Waals surface area contributed by atoms with Gasteiger partial charge in [0.1, 0.15) is 0 Å². The number of quaternary nitrogens is 1. The second-order valence-electron chi connectivity index (χ2n) is 3.59. The van der Waals surface area contributed by atoms with Crippen LogP contribution in [0.1, 0.15) is 34.1 Å². The first-order valence-corrected chi connectivity index (χ1v) is 4.96. The predicted octanol–water partition coefficient (Wildman–Crippen LogP) is -2.74. The third-order valence-corrected chi connectivity index (χ3v) is 2.66. The highest BCUT2D eigenvalue weighted by Crippen LogP contribution is 2.23. The van der Waals surface area contributed by atoms with Gasteiger partial charge in [-0.2, -0.15) is 0 Å². The summed E-state index contributed by atoms with van der Waals surface area (Å²) < 4.78 is 0. The lowest BCUT2D eigenvalue weighted by atomic mass is 10.1. The molecule has 1 atom stereocenters. The molecule has 86 valence electrons. The Kier molecular flexibility index (Phi) is 3.83. The molecule has 1 aliphatic heterocycles. The minimum Gasteiger partial charge on any atom is -1.00 e. The molecule has 4 nitrogen and oxygen atoms in total. The van der Waals surface area contributed by atoms with Crippen LogP contribution >= 0.6 is 0 Å². The maximum atomic E-state index is 11.9. The molecule has 0 saturated heterocycles. The van der Waals surface area contributed by atoms with Crippen LogP contribution in [0.5, 0.6) is 0 Å². The van der Waals surface area contributed by atoms with E-state index in [1.807, 2.05) is 6.92 Å². The molecule has 0 spiro atoms. The number of amides is 2. The fraction of sp³-hybridized carbons (Fsp3) is 0.273. The zero-order chi connectivity index (χ0) is 11.0. The Bertz CT molecular complexity index is 399. The Morgan fingerprint density at radius 2 is 1.62 bits per heavy atom. The lowest BCUT2D eigenvalue weighted by Crippen LogP contribution is -3.00. The van der Waals surface area contributed by atoms with Gasteiger partial charge in [-0.25, -0.2) is 4.90 Å². The van der Waals surface area contributed by atoms with E-state index in [9.17, 15) is 9.59 Å². The van der Waals surface area contributed by atoms with Crippen LogP contribution in [-0.2, 0) is 0 Å². The Morgan fingerprint density at radius 3 is 2.00 bits per heavy atom. The van der Waals surface area contributed by atoms with Crippen molar-refractivity contribution in [1.82, 2.24) is 4.90 Å². The minimum absolute atomic E-state index is 0. The van der Waals surface area contributed by atoms with E-state index in [4.69, 9.17) is 0 Å². The maximum Gasteiger partial charge on any atom is 0.266 e. The monoisotopic (exact) mass is 284 g/mol. The molecule has 0 aliphatic carbocycles. The van der Waals surface area contributed by atoms with Crippen LogP contribution in [0.25, 0.3) is 0 Å². The number of nitrogens with zero attached hydrogens (tertiary/aromatic N) is 1. The van der Waals surface area contributed by atoms with E-state index in [2.05, 4.69) is 5.73 Å². The Hall–Kier alpha value is -1.20. The quantitative estimate of drug-likeness (QED) is 0.599. The Morgan fingerprint density at radius 1 is 1.19 bits per heavy atom. The number of hydrogen-bond donors (Lipinski definition) is 1. The molecule has 2 rings (SSSR count). The summed E-state index contributed by atoms with van der Waals surface area (Å²) >= 11 is 0. The standard InChI is InChI=1S/C11H12N2O2.BrH/c1-2-9(12)13-10(14)7-5-3-4-6-8(7)11(13)15;/h3-6,9H,2,12H2,1H3;1H. The van der Waals surface area contributed by atoms with E-state index in [1.54, 1.807) is 24.3 Å². The van der Waals surface area contributed by atoms with Gasteiger partial charge in [0.25, 0.3) is 11.8 Å². The van der Waals surface area contributed by atoms with Crippen molar-refractivity contribution in [3.05, 3.63) is 35.4 Å². The van der Waals surface area contributed by atoms with Crippen molar-refractivity contribution in [3.63, 3.8) is 0 Å². The van der Waals surface area contributed by atoms with Gasteiger partial charge in [0.05, 0.1) is 11.1 Å². The molecule has 0 radical (unpaired) electrons. The molecular weight excluding hydrogens is 272 g/mol. The fourth-order valence-corrected chi connectivity index (χ4v) is 1.72. The fourth-order valence-electron chi connectivity index (χ4n) is 1.72. The van der Waals surface area contributed by atoms with Crippen LogP contribution < -0.4 is 22.7 Å². The van der Waals surface area contributed by atoms with E-state index in [-0.39, 0.29) is 35.0 Å². The van der Waals surface area contributed by atoms with Gasteiger partial charge >= 0.3 is 0 Å². The number of halogens is 1. The molecule has 0 saturated carbocycles. The van der Waals surface area contributed by atoms with Crippen LogP contribution in [0.2, 0.25) is 0 Å². The first kappa shape index (κ1) is 12.9. The summed E-state index contributed by atoms with van der Waals surface area (Å²) in [6.07, 6.45) is 0.392. The van der Waals surface area contributed by atoms with E-state index < -0.39 is 0 Å². The molecule has 0 aromatic heterocycles. The molecule has 0 fully saturated rings. The van der Waals surface area contributed by atoms with Gasteiger partial charge in [-0.15, -0.1) is 0 Å².